The minimum Gasteiger partial charge on any atom is -0.481 e. The first-order valence-corrected chi connectivity index (χ1v) is 8.18. The zero-order valence-corrected chi connectivity index (χ0v) is 13.7. The van der Waals surface area contributed by atoms with Crippen LogP contribution in [0.25, 0.3) is 0 Å². The molecule has 1 aliphatic carbocycles. The quantitative estimate of drug-likeness (QED) is 0.704. The van der Waals surface area contributed by atoms with E-state index in [1.165, 1.54) is 0 Å². The largest absolute Gasteiger partial charge is 0.481 e. The molecular weight excluding hydrogens is 325 g/mol. The lowest BCUT2D eigenvalue weighted by Gasteiger charge is -2.05. The smallest absolute Gasteiger partial charge is 0.303 e. The highest BCUT2D eigenvalue weighted by Gasteiger charge is 2.43. The number of carbonyl (C=O) groups excluding carboxylic acids is 1. The van der Waals surface area contributed by atoms with Crippen LogP contribution < -0.4 is 5.32 Å². The predicted octanol–water partition coefficient (Wildman–Crippen LogP) is 3.86. The van der Waals surface area contributed by atoms with Crippen molar-refractivity contribution < 1.29 is 14.7 Å². The Balaban J connectivity index is 1.69. The highest BCUT2D eigenvalue weighted by atomic mass is 35.5. The number of aliphatic carboxylic acids is 1. The standard InChI is InChI=1S/C16H19Cl2NO3/c17-11-6-10(7-12(18)8-11)13-9-14(13)16(22)19-5-3-1-2-4-15(20)21/h6-8,13-14H,1-5,9H2,(H,19,22)(H,20,21). The lowest BCUT2D eigenvalue weighted by atomic mass is 10.1. The molecule has 0 heterocycles. The average molecular weight is 344 g/mol. The van der Waals surface area contributed by atoms with Gasteiger partial charge in [0.05, 0.1) is 0 Å². The van der Waals surface area contributed by atoms with Crippen molar-refractivity contribution in [1.82, 2.24) is 5.32 Å². The van der Waals surface area contributed by atoms with Crippen LogP contribution >= 0.6 is 23.2 Å². The maximum atomic E-state index is 12.0. The molecule has 1 aromatic carbocycles. The summed E-state index contributed by atoms with van der Waals surface area (Å²) >= 11 is 12.0. The molecule has 4 nitrogen and oxygen atoms in total. The number of nitrogens with one attached hydrogen (secondary N) is 1. The van der Waals surface area contributed by atoms with Gasteiger partial charge in [0.15, 0.2) is 0 Å². The molecule has 2 N–H and O–H groups in total. The molecule has 0 aliphatic heterocycles. The maximum Gasteiger partial charge on any atom is 0.303 e. The molecule has 0 aromatic heterocycles. The molecule has 6 heteroatoms. The van der Waals surface area contributed by atoms with E-state index in [9.17, 15) is 9.59 Å². The van der Waals surface area contributed by atoms with Crippen LogP contribution in [0, 0.1) is 5.92 Å². The Kier molecular flexibility index (Phi) is 6.09. The van der Waals surface area contributed by atoms with Gasteiger partial charge in [-0.2, -0.15) is 0 Å². The van der Waals surface area contributed by atoms with Gasteiger partial charge in [-0.1, -0.05) is 29.6 Å². The van der Waals surface area contributed by atoms with Gasteiger partial charge in [0.2, 0.25) is 5.91 Å². The Bertz CT molecular complexity index is 542. The van der Waals surface area contributed by atoms with Gasteiger partial charge in [-0.15, -0.1) is 0 Å². The molecule has 1 amide bonds. The molecular formula is C16H19Cl2NO3. The fourth-order valence-electron chi connectivity index (χ4n) is 2.56. The van der Waals surface area contributed by atoms with Crippen LogP contribution in [0.1, 0.15) is 43.6 Å². The molecule has 2 unspecified atom stereocenters. The highest BCUT2D eigenvalue weighted by molar-refractivity contribution is 6.34. The third-order valence-electron chi connectivity index (χ3n) is 3.81. The molecule has 22 heavy (non-hydrogen) atoms. The minimum absolute atomic E-state index is 0.00597. The number of carboxylic acids is 1. The van der Waals surface area contributed by atoms with E-state index >= 15 is 0 Å². The van der Waals surface area contributed by atoms with Crippen LogP contribution in [-0.4, -0.2) is 23.5 Å². The van der Waals surface area contributed by atoms with Crippen molar-refractivity contribution in [2.24, 2.45) is 5.92 Å². The van der Waals surface area contributed by atoms with Crippen LogP contribution in [0.15, 0.2) is 18.2 Å². The first-order valence-electron chi connectivity index (χ1n) is 7.43. The molecule has 1 fully saturated rings. The highest BCUT2D eigenvalue weighted by Crippen LogP contribution is 2.48. The van der Waals surface area contributed by atoms with Gasteiger partial charge in [-0.3, -0.25) is 9.59 Å². The molecule has 0 radical (unpaired) electrons. The summed E-state index contributed by atoms with van der Waals surface area (Å²) in [5.41, 5.74) is 1.01. The Morgan fingerprint density at radius 1 is 1.14 bits per heavy atom. The Morgan fingerprint density at radius 2 is 1.82 bits per heavy atom. The molecule has 2 atom stereocenters. The van der Waals surface area contributed by atoms with E-state index in [0.29, 0.717) is 23.0 Å². The second kappa shape index (κ2) is 7.84. The number of carboxylic acid groups (broad SMARTS) is 1. The fourth-order valence-corrected chi connectivity index (χ4v) is 3.11. The van der Waals surface area contributed by atoms with Crippen LogP contribution in [0.3, 0.4) is 0 Å². The first kappa shape index (κ1) is 17.1. The van der Waals surface area contributed by atoms with Crippen molar-refractivity contribution in [2.75, 3.05) is 6.54 Å². The topological polar surface area (TPSA) is 66.4 Å². The maximum absolute atomic E-state index is 12.0. The number of unbranched alkanes of at least 4 members (excludes halogenated alkanes) is 2. The van der Waals surface area contributed by atoms with Crippen molar-refractivity contribution in [3.63, 3.8) is 0 Å². The fraction of sp³-hybridized carbons (Fsp3) is 0.500. The number of carbonyl (C=O) groups is 2. The van der Waals surface area contributed by atoms with Crippen LogP contribution in [0.2, 0.25) is 10.0 Å². The van der Waals surface area contributed by atoms with Gasteiger partial charge in [0.25, 0.3) is 0 Å². The summed E-state index contributed by atoms with van der Waals surface area (Å²) in [7, 11) is 0. The van der Waals surface area contributed by atoms with Gasteiger partial charge < -0.3 is 10.4 Å². The number of rotatable bonds is 8. The first-order chi connectivity index (χ1) is 10.5. The summed E-state index contributed by atoms with van der Waals surface area (Å²) in [5, 5.41) is 12.6. The number of hydrogen-bond donors (Lipinski definition) is 2. The predicted molar refractivity (Wildman–Crippen MR) is 86.4 cm³/mol. The van der Waals surface area contributed by atoms with Crippen molar-refractivity contribution in [3.8, 4) is 0 Å². The molecule has 1 saturated carbocycles. The van der Waals surface area contributed by atoms with Gasteiger partial charge >= 0.3 is 5.97 Å². The third-order valence-corrected chi connectivity index (χ3v) is 4.24. The Hall–Kier alpha value is -1.26. The van der Waals surface area contributed by atoms with E-state index in [1.807, 2.05) is 12.1 Å². The Labute approximate surface area is 139 Å². The summed E-state index contributed by atoms with van der Waals surface area (Å²) in [6.45, 7) is 0.595. The zero-order valence-electron chi connectivity index (χ0n) is 12.1. The molecule has 120 valence electrons. The van der Waals surface area contributed by atoms with Gasteiger partial charge in [0, 0.05) is 28.9 Å². The molecule has 0 saturated heterocycles. The number of halogens is 2. The summed E-state index contributed by atoms with van der Waals surface area (Å²) in [6.07, 6.45) is 3.28. The normalized spacial score (nSPS) is 19.7. The second-order valence-corrected chi connectivity index (χ2v) is 6.52. The van der Waals surface area contributed by atoms with E-state index in [1.54, 1.807) is 6.07 Å². The number of amides is 1. The monoisotopic (exact) mass is 343 g/mol. The zero-order chi connectivity index (χ0) is 16.1. The van der Waals surface area contributed by atoms with Gasteiger partial charge in [0.1, 0.15) is 0 Å². The summed E-state index contributed by atoms with van der Waals surface area (Å²) in [6, 6.07) is 5.40. The van der Waals surface area contributed by atoms with Crippen LogP contribution in [-0.2, 0) is 9.59 Å². The summed E-state index contributed by atoms with van der Waals surface area (Å²) in [4.78, 5) is 22.4. The van der Waals surface area contributed by atoms with Crippen molar-refractivity contribution in [2.45, 2.75) is 38.0 Å². The van der Waals surface area contributed by atoms with E-state index in [2.05, 4.69) is 5.32 Å². The molecule has 0 bridgehead atoms. The lowest BCUT2D eigenvalue weighted by molar-refractivity contribution is -0.137. The molecule has 2 rings (SSSR count). The van der Waals surface area contributed by atoms with Gasteiger partial charge in [-0.05, 0) is 48.9 Å². The minimum atomic E-state index is -0.773. The number of hydrogen-bond acceptors (Lipinski definition) is 2. The third kappa shape index (κ3) is 5.18. The van der Waals surface area contributed by atoms with Gasteiger partial charge in [-0.25, -0.2) is 0 Å². The average Bonchev–Trinajstić information content (AvgIpc) is 3.21. The van der Waals surface area contributed by atoms with E-state index < -0.39 is 5.97 Å². The van der Waals surface area contributed by atoms with Crippen LogP contribution in [0.4, 0.5) is 0 Å². The van der Waals surface area contributed by atoms with Crippen LogP contribution in [0.5, 0.6) is 0 Å². The SMILES string of the molecule is O=C(O)CCCCCNC(=O)C1CC1c1cc(Cl)cc(Cl)c1. The van der Waals surface area contributed by atoms with E-state index in [0.717, 1.165) is 24.8 Å². The van der Waals surface area contributed by atoms with Crippen molar-refractivity contribution >= 4 is 35.1 Å². The lowest BCUT2D eigenvalue weighted by Crippen LogP contribution is -2.26. The molecule has 0 spiro atoms. The van der Waals surface area contributed by atoms with Crippen molar-refractivity contribution in [3.05, 3.63) is 33.8 Å². The molecule has 1 aromatic rings. The molecule has 1 aliphatic rings. The van der Waals surface area contributed by atoms with E-state index in [4.69, 9.17) is 28.3 Å². The van der Waals surface area contributed by atoms with E-state index in [-0.39, 0.29) is 24.2 Å². The summed E-state index contributed by atoms with van der Waals surface area (Å²) in [5.74, 6) is -0.527. The Morgan fingerprint density at radius 3 is 2.45 bits per heavy atom. The number of benzene rings is 1. The summed E-state index contributed by atoms with van der Waals surface area (Å²) < 4.78 is 0. The van der Waals surface area contributed by atoms with Crippen molar-refractivity contribution in [1.29, 1.82) is 0 Å². The second-order valence-electron chi connectivity index (χ2n) is 5.65.